The Balaban J connectivity index is 2.15. The van der Waals surface area contributed by atoms with E-state index in [1.165, 1.54) is 0 Å². The van der Waals surface area contributed by atoms with Crippen LogP contribution in [0.15, 0.2) is 18.3 Å². The zero-order chi connectivity index (χ0) is 15.3. The molecule has 1 fully saturated rings. The summed E-state index contributed by atoms with van der Waals surface area (Å²) in [6.45, 7) is 4.96. The highest BCUT2D eigenvalue weighted by molar-refractivity contribution is 7.92. The molecule has 4 nitrogen and oxygen atoms in total. The van der Waals surface area contributed by atoms with Gasteiger partial charge in [-0.05, 0) is 44.4 Å². The summed E-state index contributed by atoms with van der Waals surface area (Å²) in [6, 6.07) is 4.02. The molecule has 0 radical (unpaired) electrons. The predicted octanol–water partition coefficient (Wildman–Crippen LogP) is 2.27. The largest absolute Gasteiger partial charge is 0.312 e. The Labute approximate surface area is 128 Å². The van der Waals surface area contributed by atoms with Gasteiger partial charge in [-0.25, -0.2) is 8.42 Å². The Bertz CT molecular complexity index is 540. The lowest BCUT2D eigenvalue weighted by Gasteiger charge is -2.30. The van der Waals surface area contributed by atoms with Crippen LogP contribution in [-0.2, 0) is 16.3 Å². The number of hydrogen-bond acceptors (Lipinski definition) is 4. The van der Waals surface area contributed by atoms with E-state index >= 15 is 0 Å². The van der Waals surface area contributed by atoms with Gasteiger partial charge in [-0.1, -0.05) is 19.4 Å². The van der Waals surface area contributed by atoms with E-state index in [9.17, 15) is 8.42 Å². The molecule has 5 heteroatoms. The summed E-state index contributed by atoms with van der Waals surface area (Å²) in [5.41, 5.74) is 2.09. The maximum absolute atomic E-state index is 12.4. The van der Waals surface area contributed by atoms with Crippen LogP contribution in [-0.4, -0.2) is 37.0 Å². The molecule has 2 rings (SSSR count). The number of pyridine rings is 1. The molecule has 1 saturated heterocycles. The van der Waals surface area contributed by atoms with E-state index in [1.54, 1.807) is 0 Å². The lowest BCUT2D eigenvalue weighted by Crippen LogP contribution is -2.48. The molecule has 0 saturated carbocycles. The van der Waals surface area contributed by atoms with Gasteiger partial charge in [-0.2, -0.15) is 0 Å². The third kappa shape index (κ3) is 4.51. The minimum absolute atomic E-state index is 0.0227. The lowest BCUT2D eigenvalue weighted by atomic mass is 10.0. The van der Waals surface area contributed by atoms with E-state index in [2.05, 4.69) is 17.2 Å². The third-order valence-electron chi connectivity index (χ3n) is 4.14. The summed E-state index contributed by atoms with van der Waals surface area (Å²) >= 11 is 0. The van der Waals surface area contributed by atoms with Crippen molar-refractivity contribution in [3.8, 4) is 0 Å². The third-order valence-corrected chi connectivity index (χ3v) is 6.48. The van der Waals surface area contributed by atoms with Gasteiger partial charge in [0.1, 0.15) is 0 Å². The fourth-order valence-electron chi connectivity index (χ4n) is 2.94. The molecule has 1 aromatic heterocycles. The minimum Gasteiger partial charge on any atom is -0.312 e. The molecule has 1 aromatic rings. The van der Waals surface area contributed by atoms with E-state index in [0.29, 0.717) is 12.2 Å². The van der Waals surface area contributed by atoms with Gasteiger partial charge in [0.2, 0.25) is 0 Å². The summed E-state index contributed by atoms with van der Waals surface area (Å²) in [7, 11) is -2.97. The second-order valence-corrected chi connectivity index (χ2v) is 8.33. The summed E-state index contributed by atoms with van der Waals surface area (Å²) in [6.07, 6.45) is 6.13. The number of sulfone groups is 1. The second-order valence-electron chi connectivity index (χ2n) is 5.99. The van der Waals surface area contributed by atoms with E-state index in [1.807, 2.05) is 25.3 Å². The highest BCUT2D eigenvalue weighted by Crippen LogP contribution is 2.24. The second kappa shape index (κ2) is 7.36. The first kappa shape index (κ1) is 16.4. The van der Waals surface area contributed by atoms with Crippen LogP contribution in [0.2, 0.25) is 0 Å². The first-order valence-electron chi connectivity index (χ1n) is 7.89. The van der Waals surface area contributed by atoms with Gasteiger partial charge in [-0.15, -0.1) is 0 Å². The van der Waals surface area contributed by atoms with Gasteiger partial charge >= 0.3 is 0 Å². The van der Waals surface area contributed by atoms with Crippen LogP contribution in [0.1, 0.15) is 43.9 Å². The monoisotopic (exact) mass is 310 g/mol. The molecule has 0 bridgehead atoms. The van der Waals surface area contributed by atoms with Crippen molar-refractivity contribution in [2.24, 2.45) is 0 Å². The number of nitrogens with one attached hydrogen (secondary N) is 1. The van der Waals surface area contributed by atoms with Gasteiger partial charge in [0.25, 0.3) is 0 Å². The smallest absolute Gasteiger partial charge is 0.154 e. The van der Waals surface area contributed by atoms with Crippen LogP contribution >= 0.6 is 0 Å². The van der Waals surface area contributed by atoms with Gasteiger partial charge in [0, 0.05) is 24.4 Å². The molecular formula is C16H26N2O2S. The molecule has 1 N–H and O–H groups in total. The highest BCUT2D eigenvalue weighted by Gasteiger charge is 2.35. The van der Waals surface area contributed by atoms with Crippen LogP contribution in [0, 0.1) is 6.92 Å². The zero-order valence-electron chi connectivity index (χ0n) is 13.0. The molecule has 0 spiro atoms. The summed E-state index contributed by atoms with van der Waals surface area (Å²) in [5.74, 6) is 0.337. The normalized spacial score (nSPS) is 22.9. The Morgan fingerprint density at radius 1 is 1.38 bits per heavy atom. The van der Waals surface area contributed by atoms with Crippen molar-refractivity contribution < 1.29 is 8.42 Å². The maximum atomic E-state index is 12.4. The zero-order valence-corrected chi connectivity index (χ0v) is 13.8. The summed E-state index contributed by atoms with van der Waals surface area (Å²) in [4.78, 5) is 4.43. The quantitative estimate of drug-likeness (QED) is 0.875. The molecule has 21 heavy (non-hydrogen) atoms. The topological polar surface area (TPSA) is 59.1 Å². The van der Waals surface area contributed by atoms with E-state index in [0.717, 1.165) is 43.5 Å². The van der Waals surface area contributed by atoms with Gasteiger partial charge in [-0.3, -0.25) is 4.98 Å². The SMILES string of the molecule is CCCNC(Cc1ccc(C)cn1)C1CCCCS1(=O)=O. The van der Waals surface area contributed by atoms with Crippen molar-refractivity contribution in [2.75, 3.05) is 12.3 Å². The number of rotatable bonds is 6. The number of nitrogens with zero attached hydrogens (tertiary/aromatic N) is 1. The molecule has 2 heterocycles. The highest BCUT2D eigenvalue weighted by atomic mass is 32.2. The summed E-state index contributed by atoms with van der Waals surface area (Å²) < 4.78 is 24.7. The predicted molar refractivity (Wildman–Crippen MR) is 86.2 cm³/mol. The first-order valence-corrected chi connectivity index (χ1v) is 9.61. The van der Waals surface area contributed by atoms with Crippen LogP contribution in [0.3, 0.4) is 0 Å². The standard InChI is InChI=1S/C16H26N2O2S/c1-3-9-17-15(11-14-8-7-13(2)12-18-14)16-6-4-5-10-21(16,19)20/h7-8,12,15-17H,3-6,9-11H2,1-2H3. The van der Waals surface area contributed by atoms with E-state index in [4.69, 9.17) is 0 Å². The molecule has 0 aromatic carbocycles. The number of aryl methyl sites for hydroxylation is 1. The molecule has 1 aliphatic rings. The molecule has 118 valence electrons. The molecule has 2 unspecified atom stereocenters. The number of hydrogen-bond donors (Lipinski definition) is 1. The summed E-state index contributed by atoms with van der Waals surface area (Å²) in [5, 5.41) is 3.18. The van der Waals surface area contributed by atoms with Gasteiger partial charge < -0.3 is 5.32 Å². The van der Waals surface area contributed by atoms with Crippen molar-refractivity contribution in [2.45, 2.75) is 57.2 Å². The first-order chi connectivity index (χ1) is 10.0. The molecule has 1 aliphatic heterocycles. The van der Waals surface area contributed by atoms with E-state index in [-0.39, 0.29) is 11.3 Å². The average molecular weight is 310 g/mol. The average Bonchev–Trinajstić information content (AvgIpc) is 2.45. The Hall–Kier alpha value is -0.940. The number of aromatic nitrogens is 1. The van der Waals surface area contributed by atoms with Crippen molar-refractivity contribution >= 4 is 9.84 Å². The Kier molecular flexibility index (Phi) is 5.76. The molecule has 0 amide bonds. The van der Waals surface area contributed by atoms with Gasteiger partial charge in [0.05, 0.1) is 11.0 Å². The molecule has 0 aliphatic carbocycles. The van der Waals surface area contributed by atoms with Crippen molar-refractivity contribution in [3.05, 3.63) is 29.6 Å². The minimum atomic E-state index is -2.97. The Morgan fingerprint density at radius 2 is 2.19 bits per heavy atom. The fraction of sp³-hybridized carbons (Fsp3) is 0.688. The van der Waals surface area contributed by atoms with Crippen LogP contribution < -0.4 is 5.32 Å². The molecule has 2 atom stereocenters. The van der Waals surface area contributed by atoms with Crippen LogP contribution in [0.4, 0.5) is 0 Å². The van der Waals surface area contributed by atoms with Crippen LogP contribution in [0.25, 0.3) is 0 Å². The lowest BCUT2D eigenvalue weighted by molar-refractivity contribution is 0.431. The molecular weight excluding hydrogens is 284 g/mol. The van der Waals surface area contributed by atoms with E-state index < -0.39 is 9.84 Å². The van der Waals surface area contributed by atoms with Crippen molar-refractivity contribution in [3.63, 3.8) is 0 Å². The van der Waals surface area contributed by atoms with Gasteiger partial charge in [0.15, 0.2) is 9.84 Å². The van der Waals surface area contributed by atoms with Crippen molar-refractivity contribution in [1.29, 1.82) is 0 Å². The maximum Gasteiger partial charge on any atom is 0.154 e. The van der Waals surface area contributed by atoms with Crippen molar-refractivity contribution in [1.82, 2.24) is 10.3 Å². The Morgan fingerprint density at radius 3 is 2.81 bits per heavy atom. The fourth-order valence-corrected chi connectivity index (χ4v) is 5.07. The van der Waals surface area contributed by atoms with Crippen LogP contribution in [0.5, 0.6) is 0 Å².